The fourth-order valence-electron chi connectivity index (χ4n) is 4.70. The van der Waals surface area contributed by atoms with Crippen molar-refractivity contribution in [1.29, 1.82) is 0 Å². The number of carbonyl (C=O) groups excluding carboxylic acids is 3. The molecule has 0 radical (unpaired) electrons. The number of hydrogen-bond donors (Lipinski definition) is 2. The maximum atomic E-state index is 13.8. The van der Waals surface area contributed by atoms with Gasteiger partial charge in [-0.25, -0.2) is 4.79 Å². The molecule has 5 rings (SSSR count). The van der Waals surface area contributed by atoms with Gasteiger partial charge in [-0.15, -0.1) is 0 Å². The predicted octanol–water partition coefficient (Wildman–Crippen LogP) is 5.88. The number of amides is 3. The van der Waals surface area contributed by atoms with E-state index in [1.54, 1.807) is 48.5 Å². The summed E-state index contributed by atoms with van der Waals surface area (Å²) in [5.41, 5.74) is 3.50. The van der Waals surface area contributed by atoms with Gasteiger partial charge in [-0.05, 0) is 47.9 Å². The number of carbonyl (C=O) groups is 3. The lowest BCUT2D eigenvalue weighted by atomic mass is 9.99. The van der Waals surface area contributed by atoms with Crippen LogP contribution in [0.5, 0.6) is 0 Å². The SMILES string of the molecule is C[C@H](NC(=O)[C@H]1[C@H](c2cccc(NC(=O)c3ccccc3)c2)OC(=O)N1Cc1ccccc1)c1ccccc1. The molecule has 1 aliphatic rings. The number of nitrogens with zero attached hydrogens (tertiary/aromatic N) is 1. The second kappa shape index (κ2) is 11.6. The van der Waals surface area contributed by atoms with E-state index in [2.05, 4.69) is 10.6 Å². The fraction of sp³-hybridized carbons (Fsp3) is 0.156. The summed E-state index contributed by atoms with van der Waals surface area (Å²) in [6, 6.07) is 33.9. The van der Waals surface area contributed by atoms with Gasteiger partial charge >= 0.3 is 6.09 Å². The van der Waals surface area contributed by atoms with E-state index >= 15 is 0 Å². The molecule has 3 atom stereocenters. The van der Waals surface area contributed by atoms with E-state index in [9.17, 15) is 14.4 Å². The molecule has 2 N–H and O–H groups in total. The van der Waals surface area contributed by atoms with Crippen molar-refractivity contribution in [2.24, 2.45) is 0 Å². The molecule has 0 spiro atoms. The number of anilines is 1. The second-order valence-electron chi connectivity index (χ2n) is 9.45. The zero-order valence-electron chi connectivity index (χ0n) is 21.5. The van der Waals surface area contributed by atoms with Crippen LogP contribution in [-0.2, 0) is 16.1 Å². The summed E-state index contributed by atoms with van der Waals surface area (Å²) >= 11 is 0. The molecular formula is C32H29N3O4. The van der Waals surface area contributed by atoms with Crippen molar-refractivity contribution in [2.75, 3.05) is 5.32 Å². The minimum absolute atomic E-state index is 0.221. The Bertz CT molecular complexity index is 1440. The highest BCUT2D eigenvalue weighted by Gasteiger charge is 2.47. The van der Waals surface area contributed by atoms with E-state index in [1.165, 1.54) is 4.90 Å². The maximum absolute atomic E-state index is 13.8. The molecule has 0 unspecified atom stereocenters. The van der Waals surface area contributed by atoms with Gasteiger partial charge in [0.2, 0.25) is 5.91 Å². The Morgan fingerprint density at radius 2 is 1.49 bits per heavy atom. The number of nitrogens with one attached hydrogen (secondary N) is 2. The van der Waals surface area contributed by atoms with E-state index in [0.29, 0.717) is 16.8 Å². The summed E-state index contributed by atoms with van der Waals surface area (Å²) in [6.45, 7) is 2.12. The molecule has 196 valence electrons. The van der Waals surface area contributed by atoms with Crippen molar-refractivity contribution in [3.05, 3.63) is 138 Å². The fourth-order valence-corrected chi connectivity index (χ4v) is 4.70. The third-order valence-corrected chi connectivity index (χ3v) is 6.72. The van der Waals surface area contributed by atoms with Crippen molar-refractivity contribution < 1.29 is 19.1 Å². The minimum atomic E-state index is -0.913. The second-order valence-corrected chi connectivity index (χ2v) is 9.45. The minimum Gasteiger partial charge on any atom is -0.438 e. The first-order chi connectivity index (χ1) is 19.0. The molecular weight excluding hydrogens is 490 g/mol. The van der Waals surface area contributed by atoms with E-state index in [4.69, 9.17) is 4.74 Å². The average Bonchev–Trinajstić information content (AvgIpc) is 3.30. The number of ether oxygens (including phenoxy) is 1. The summed E-state index contributed by atoms with van der Waals surface area (Å²) in [7, 11) is 0. The molecule has 0 bridgehead atoms. The molecule has 1 heterocycles. The normalized spacial score (nSPS) is 17.3. The van der Waals surface area contributed by atoms with Crippen molar-refractivity contribution in [3.8, 4) is 0 Å². The maximum Gasteiger partial charge on any atom is 0.411 e. The van der Waals surface area contributed by atoms with Crippen LogP contribution in [0.2, 0.25) is 0 Å². The van der Waals surface area contributed by atoms with E-state index in [0.717, 1.165) is 11.1 Å². The molecule has 0 aromatic heterocycles. The Balaban J connectivity index is 1.42. The van der Waals surface area contributed by atoms with E-state index < -0.39 is 18.2 Å². The number of benzene rings is 4. The van der Waals surface area contributed by atoms with Gasteiger partial charge in [-0.3, -0.25) is 14.5 Å². The van der Waals surface area contributed by atoms with Gasteiger partial charge in [0.15, 0.2) is 12.1 Å². The van der Waals surface area contributed by atoms with Crippen LogP contribution in [0.3, 0.4) is 0 Å². The van der Waals surface area contributed by atoms with Crippen molar-refractivity contribution >= 4 is 23.6 Å². The van der Waals surface area contributed by atoms with Crippen LogP contribution in [-0.4, -0.2) is 28.8 Å². The van der Waals surface area contributed by atoms with Gasteiger partial charge < -0.3 is 15.4 Å². The summed E-state index contributed by atoms with van der Waals surface area (Å²) in [5.74, 6) is -0.579. The Morgan fingerprint density at radius 1 is 0.846 bits per heavy atom. The molecule has 1 saturated heterocycles. The first-order valence-corrected chi connectivity index (χ1v) is 12.8. The first kappa shape index (κ1) is 25.7. The van der Waals surface area contributed by atoms with Crippen LogP contribution in [0.25, 0.3) is 0 Å². The van der Waals surface area contributed by atoms with Crippen molar-refractivity contribution in [1.82, 2.24) is 10.2 Å². The predicted molar refractivity (Wildman–Crippen MR) is 149 cm³/mol. The molecule has 3 amide bonds. The Labute approximate surface area is 227 Å². The van der Waals surface area contributed by atoms with Gasteiger partial charge in [0, 0.05) is 11.3 Å². The monoisotopic (exact) mass is 519 g/mol. The topological polar surface area (TPSA) is 87.7 Å². The number of cyclic esters (lactones) is 1. The summed E-state index contributed by atoms with van der Waals surface area (Å²) in [4.78, 5) is 41.1. The van der Waals surface area contributed by atoms with Gasteiger partial charge in [0.05, 0.1) is 12.6 Å². The highest BCUT2D eigenvalue weighted by molar-refractivity contribution is 6.04. The van der Waals surface area contributed by atoms with Crippen LogP contribution in [0, 0.1) is 0 Å². The lowest BCUT2D eigenvalue weighted by molar-refractivity contribution is -0.127. The van der Waals surface area contributed by atoms with Crippen LogP contribution >= 0.6 is 0 Å². The zero-order valence-corrected chi connectivity index (χ0v) is 21.5. The number of rotatable bonds is 8. The summed E-state index contributed by atoms with van der Waals surface area (Å²) < 4.78 is 5.81. The molecule has 4 aromatic rings. The van der Waals surface area contributed by atoms with Gasteiger partial charge in [0.1, 0.15) is 0 Å². The van der Waals surface area contributed by atoms with Crippen molar-refractivity contribution in [3.63, 3.8) is 0 Å². The third kappa shape index (κ3) is 5.99. The van der Waals surface area contributed by atoms with Crippen molar-refractivity contribution in [2.45, 2.75) is 31.7 Å². The van der Waals surface area contributed by atoms with Gasteiger partial charge in [-0.1, -0.05) is 91.0 Å². The molecule has 0 aliphatic carbocycles. The Morgan fingerprint density at radius 3 is 2.18 bits per heavy atom. The quantitative estimate of drug-likeness (QED) is 0.304. The molecule has 7 heteroatoms. The molecule has 1 aliphatic heterocycles. The molecule has 4 aromatic carbocycles. The highest BCUT2D eigenvalue weighted by atomic mass is 16.6. The average molecular weight is 520 g/mol. The number of hydrogen-bond acceptors (Lipinski definition) is 4. The lowest BCUT2D eigenvalue weighted by Gasteiger charge is -2.26. The van der Waals surface area contributed by atoms with Crippen LogP contribution < -0.4 is 10.6 Å². The highest BCUT2D eigenvalue weighted by Crippen LogP contribution is 2.35. The Hall–Kier alpha value is -4.91. The summed E-state index contributed by atoms with van der Waals surface area (Å²) in [6.07, 6.45) is -1.44. The van der Waals surface area contributed by atoms with Crippen LogP contribution in [0.4, 0.5) is 10.5 Å². The Kier molecular flexibility index (Phi) is 7.68. The standard InChI is InChI=1S/C32H29N3O4/c1-22(24-14-7-3-8-15-24)33-31(37)28-29(39-32(38)35(28)21-23-12-5-2-6-13-23)26-18-11-19-27(20-26)34-30(36)25-16-9-4-10-17-25/h2-20,22,28-29H,21H2,1H3,(H,33,37)(H,34,36)/t22-,28+,29-/m0/s1. The van der Waals surface area contributed by atoms with Crippen LogP contribution in [0.1, 0.15) is 46.1 Å². The summed E-state index contributed by atoms with van der Waals surface area (Å²) in [5, 5.41) is 5.95. The third-order valence-electron chi connectivity index (χ3n) is 6.72. The first-order valence-electron chi connectivity index (χ1n) is 12.8. The van der Waals surface area contributed by atoms with Gasteiger partial charge in [0.25, 0.3) is 5.91 Å². The zero-order chi connectivity index (χ0) is 27.2. The molecule has 1 fully saturated rings. The molecule has 39 heavy (non-hydrogen) atoms. The molecule has 7 nitrogen and oxygen atoms in total. The largest absolute Gasteiger partial charge is 0.438 e. The van der Waals surface area contributed by atoms with E-state index in [-0.39, 0.29) is 24.4 Å². The van der Waals surface area contributed by atoms with Gasteiger partial charge in [-0.2, -0.15) is 0 Å². The molecule has 0 saturated carbocycles. The smallest absolute Gasteiger partial charge is 0.411 e. The lowest BCUT2D eigenvalue weighted by Crippen LogP contribution is -2.46. The van der Waals surface area contributed by atoms with E-state index in [1.807, 2.05) is 73.7 Å². The van der Waals surface area contributed by atoms with Crippen LogP contribution in [0.15, 0.2) is 115 Å².